The van der Waals surface area contributed by atoms with Crippen molar-refractivity contribution >= 4 is 11.8 Å². The van der Waals surface area contributed by atoms with Crippen molar-refractivity contribution in [2.75, 3.05) is 39.4 Å². The summed E-state index contributed by atoms with van der Waals surface area (Å²) in [4.78, 5) is 26.1. The second kappa shape index (κ2) is 6.29. The molecule has 1 amide bonds. The van der Waals surface area contributed by atoms with E-state index < -0.39 is 11.0 Å². The summed E-state index contributed by atoms with van der Waals surface area (Å²) < 4.78 is 10.4. The first-order valence-corrected chi connectivity index (χ1v) is 7.16. The lowest BCUT2D eigenvalue weighted by atomic mass is 10.2. The zero-order valence-corrected chi connectivity index (χ0v) is 12.0. The van der Waals surface area contributed by atoms with Gasteiger partial charge in [0, 0.05) is 38.3 Å². The van der Waals surface area contributed by atoms with Crippen LogP contribution in [0.1, 0.15) is 0 Å². The van der Waals surface area contributed by atoms with Crippen molar-refractivity contribution in [3.05, 3.63) is 34.4 Å². The van der Waals surface area contributed by atoms with Crippen molar-refractivity contribution in [2.24, 2.45) is 0 Å². The minimum Gasteiger partial charge on any atom is -0.410 e. The number of nitro benzene ring substituents is 1. The molecule has 0 bridgehead atoms. The van der Waals surface area contributed by atoms with Gasteiger partial charge < -0.3 is 14.4 Å². The minimum atomic E-state index is -0.491. The maximum atomic E-state index is 12.1. The third kappa shape index (κ3) is 3.18. The fourth-order valence-electron chi connectivity index (χ4n) is 2.50. The molecule has 1 aromatic carbocycles. The third-order valence-electron chi connectivity index (χ3n) is 3.96. The van der Waals surface area contributed by atoms with Crippen molar-refractivity contribution in [3.63, 3.8) is 0 Å². The molecule has 0 unspecified atom stereocenters. The molecule has 2 aliphatic rings. The average Bonchev–Trinajstić information content (AvgIpc) is 2.46. The SMILES string of the molecule is O=C(Oc1ccc([N+](=O)[O-])cc1)N1CCN(C2COC2)CC1. The maximum Gasteiger partial charge on any atom is 0.415 e. The number of rotatable bonds is 3. The summed E-state index contributed by atoms with van der Waals surface area (Å²) in [5, 5.41) is 10.6. The molecule has 2 fully saturated rings. The summed E-state index contributed by atoms with van der Waals surface area (Å²) in [6, 6.07) is 5.97. The Balaban J connectivity index is 1.50. The van der Waals surface area contributed by atoms with Crippen LogP contribution in [0.5, 0.6) is 5.75 Å². The molecule has 2 heterocycles. The normalized spacial score (nSPS) is 19.5. The van der Waals surface area contributed by atoms with Gasteiger partial charge in [-0.15, -0.1) is 0 Å². The molecule has 0 radical (unpaired) electrons. The molecular formula is C14H17N3O5. The second-order valence-corrected chi connectivity index (χ2v) is 5.33. The largest absolute Gasteiger partial charge is 0.415 e. The Morgan fingerprint density at radius 3 is 2.32 bits per heavy atom. The van der Waals surface area contributed by atoms with E-state index in [9.17, 15) is 14.9 Å². The number of piperazine rings is 1. The van der Waals surface area contributed by atoms with Gasteiger partial charge >= 0.3 is 6.09 Å². The monoisotopic (exact) mass is 307 g/mol. The van der Waals surface area contributed by atoms with Crippen LogP contribution in [0.25, 0.3) is 0 Å². The molecule has 8 nitrogen and oxygen atoms in total. The number of nitro groups is 1. The number of hydrogen-bond donors (Lipinski definition) is 0. The fraction of sp³-hybridized carbons (Fsp3) is 0.500. The highest BCUT2D eigenvalue weighted by Gasteiger charge is 2.30. The van der Waals surface area contributed by atoms with E-state index in [2.05, 4.69) is 4.90 Å². The highest BCUT2D eigenvalue weighted by Crippen LogP contribution is 2.19. The van der Waals surface area contributed by atoms with Gasteiger partial charge in [-0.1, -0.05) is 0 Å². The number of nitrogens with zero attached hydrogens (tertiary/aromatic N) is 3. The van der Waals surface area contributed by atoms with Gasteiger partial charge in [0.1, 0.15) is 5.75 Å². The number of carbonyl (C=O) groups excluding carboxylic acids is 1. The van der Waals surface area contributed by atoms with E-state index in [0.29, 0.717) is 24.9 Å². The highest BCUT2D eigenvalue weighted by molar-refractivity contribution is 5.71. The Morgan fingerprint density at radius 2 is 1.82 bits per heavy atom. The lowest BCUT2D eigenvalue weighted by molar-refractivity contribution is -0.384. The number of amides is 1. The van der Waals surface area contributed by atoms with Gasteiger partial charge in [0.2, 0.25) is 0 Å². The maximum absolute atomic E-state index is 12.1. The lowest BCUT2D eigenvalue weighted by Gasteiger charge is -2.42. The first-order valence-electron chi connectivity index (χ1n) is 7.16. The van der Waals surface area contributed by atoms with Crippen LogP contribution < -0.4 is 4.74 Å². The molecule has 118 valence electrons. The highest BCUT2D eigenvalue weighted by atomic mass is 16.6. The van der Waals surface area contributed by atoms with E-state index in [4.69, 9.17) is 9.47 Å². The first-order chi connectivity index (χ1) is 10.6. The van der Waals surface area contributed by atoms with Crippen LogP contribution in [0.4, 0.5) is 10.5 Å². The van der Waals surface area contributed by atoms with Gasteiger partial charge in [0.15, 0.2) is 0 Å². The molecule has 2 saturated heterocycles. The first kappa shape index (κ1) is 14.7. The number of ether oxygens (including phenoxy) is 2. The standard InChI is InChI=1S/C14H17N3O5/c18-14(22-13-3-1-11(2-4-13)17(19)20)16-7-5-15(6-8-16)12-9-21-10-12/h1-4,12H,5-10H2. The van der Waals surface area contributed by atoms with Crippen LogP contribution in [0, 0.1) is 10.1 Å². The smallest absolute Gasteiger partial charge is 0.410 e. The predicted octanol–water partition coefficient (Wildman–Crippen LogP) is 1.11. The van der Waals surface area contributed by atoms with E-state index in [1.54, 1.807) is 4.90 Å². The van der Waals surface area contributed by atoms with Crippen LogP contribution in [0.15, 0.2) is 24.3 Å². The van der Waals surface area contributed by atoms with Crippen LogP contribution in [0.2, 0.25) is 0 Å². The quantitative estimate of drug-likeness (QED) is 0.614. The molecule has 0 aliphatic carbocycles. The van der Waals surface area contributed by atoms with Crippen LogP contribution in [-0.2, 0) is 4.74 Å². The topological polar surface area (TPSA) is 85.1 Å². The van der Waals surface area contributed by atoms with Gasteiger partial charge in [-0.25, -0.2) is 4.79 Å². The molecule has 0 aromatic heterocycles. The van der Waals surface area contributed by atoms with Crippen molar-refractivity contribution in [2.45, 2.75) is 6.04 Å². The van der Waals surface area contributed by atoms with Crippen molar-refractivity contribution in [1.82, 2.24) is 9.80 Å². The van der Waals surface area contributed by atoms with Gasteiger partial charge in [0.05, 0.1) is 24.2 Å². The molecule has 1 aromatic rings. The van der Waals surface area contributed by atoms with Crippen LogP contribution in [-0.4, -0.2) is 66.3 Å². The summed E-state index contributed by atoms with van der Waals surface area (Å²) in [6.45, 7) is 4.39. The second-order valence-electron chi connectivity index (χ2n) is 5.33. The Morgan fingerprint density at radius 1 is 1.18 bits per heavy atom. The zero-order valence-electron chi connectivity index (χ0n) is 12.0. The Kier molecular flexibility index (Phi) is 4.21. The summed E-state index contributed by atoms with van der Waals surface area (Å²) in [7, 11) is 0. The van der Waals surface area contributed by atoms with Gasteiger partial charge in [-0.05, 0) is 12.1 Å². The van der Waals surface area contributed by atoms with E-state index in [-0.39, 0.29) is 5.69 Å². The Bertz CT molecular complexity index is 550. The molecule has 0 saturated carbocycles. The molecule has 8 heteroatoms. The van der Waals surface area contributed by atoms with Crippen molar-refractivity contribution < 1.29 is 19.2 Å². The summed E-state index contributed by atoms with van der Waals surface area (Å²) in [5.41, 5.74) is -0.0314. The minimum absolute atomic E-state index is 0.0314. The van der Waals surface area contributed by atoms with E-state index >= 15 is 0 Å². The summed E-state index contributed by atoms with van der Waals surface area (Å²) in [6.07, 6.45) is -0.418. The molecule has 3 rings (SSSR count). The van der Waals surface area contributed by atoms with E-state index in [1.165, 1.54) is 24.3 Å². The molecule has 22 heavy (non-hydrogen) atoms. The van der Waals surface area contributed by atoms with Crippen molar-refractivity contribution in [3.8, 4) is 5.75 Å². The number of non-ortho nitro benzene ring substituents is 1. The fourth-order valence-corrected chi connectivity index (χ4v) is 2.50. The lowest BCUT2D eigenvalue weighted by Crippen LogP contribution is -2.57. The van der Waals surface area contributed by atoms with Gasteiger partial charge in [-0.3, -0.25) is 15.0 Å². The average molecular weight is 307 g/mol. The van der Waals surface area contributed by atoms with Crippen LogP contribution >= 0.6 is 0 Å². The molecular weight excluding hydrogens is 290 g/mol. The van der Waals surface area contributed by atoms with E-state index in [1.807, 2.05) is 0 Å². The molecule has 2 aliphatic heterocycles. The molecule has 0 N–H and O–H groups in total. The van der Waals surface area contributed by atoms with Gasteiger partial charge in [0.25, 0.3) is 5.69 Å². The third-order valence-corrected chi connectivity index (χ3v) is 3.96. The van der Waals surface area contributed by atoms with E-state index in [0.717, 1.165) is 26.3 Å². The zero-order chi connectivity index (χ0) is 15.5. The number of hydrogen-bond acceptors (Lipinski definition) is 6. The predicted molar refractivity (Wildman–Crippen MR) is 76.9 cm³/mol. The molecule has 0 atom stereocenters. The van der Waals surface area contributed by atoms with Crippen molar-refractivity contribution in [1.29, 1.82) is 0 Å². The summed E-state index contributed by atoms with van der Waals surface area (Å²) >= 11 is 0. The molecule has 0 spiro atoms. The number of carbonyl (C=O) groups is 1. The Labute approximate surface area is 127 Å². The van der Waals surface area contributed by atoms with Crippen LogP contribution in [0.3, 0.4) is 0 Å². The van der Waals surface area contributed by atoms with Gasteiger partial charge in [-0.2, -0.15) is 0 Å². The Hall–Kier alpha value is -2.19. The summed E-state index contributed by atoms with van der Waals surface area (Å²) in [5.74, 6) is 0.311. The number of benzene rings is 1.